The van der Waals surface area contributed by atoms with Crippen LogP contribution in [0, 0.1) is 6.92 Å². The van der Waals surface area contributed by atoms with Gasteiger partial charge in [0.15, 0.2) is 0 Å². The van der Waals surface area contributed by atoms with E-state index in [4.69, 9.17) is 0 Å². The smallest absolute Gasteiger partial charge is 0.325 e. The van der Waals surface area contributed by atoms with Crippen LogP contribution in [0.25, 0.3) is 0 Å². The number of ether oxygens (including phenoxy) is 1. The first kappa shape index (κ1) is 16.4. The number of ketones is 1. The fraction of sp³-hybridized carbons (Fsp3) is 0.286. The minimum absolute atomic E-state index is 0.0626. The predicted octanol–water partition coefficient (Wildman–Crippen LogP) is 0.425. The van der Waals surface area contributed by atoms with Crippen molar-refractivity contribution in [2.24, 2.45) is 0 Å². The topological polar surface area (TPSA) is 102 Å². The average molecular weight is 292 g/mol. The van der Waals surface area contributed by atoms with Gasteiger partial charge in [-0.2, -0.15) is 0 Å². The lowest BCUT2D eigenvalue weighted by Crippen LogP contribution is -2.35. The Balaban J connectivity index is 2.94. The van der Waals surface area contributed by atoms with Crippen molar-refractivity contribution in [1.82, 2.24) is 5.32 Å². The summed E-state index contributed by atoms with van der Waals surface area (Å²) in [6, 6.07) is 4.73. The van der Waals surface area contributed by atoms with E-state index in [0.717, 1.165) is 5.56 Å². The van der Waals surface area contributed by atoms with Crippen molar-refractivity contribution in [2.75, 3.05) is 19.0 Å². The van der Waals surface area contributed by atoms with Crippen molar-refractivity contribution in [3.8, 4) is 0 Å². The molecule has 0 aliphatic heterocycles. The molecule has 0 saturated carbocycles. The molecule has 0 bridgehead atoms. The SMILES string of the molecule is COC(=O)CNC(=O)C(=O)c1cc(C)ccc1NC(C)=O. The van der Waals surface area contributed by atoms with Crippen LogP contribution in [0.5, 0.6) is 0 Å². The molecule has 1 aromatic carbocycles. The first-order chi connectivity index (χ1) is 9.85. The highest BCUT2D eigenvalue weighted by atomic mass is 16.5. The molecule has 0 spiro atoms. The molecule has 0 saturated heterocycles. The second-order valence-corrected chi connectivity index (χ2v) is 4.32. The third-order valence-electron chi connectivity index (χ3n) is 2.56. The van der Waals surface area contributed by atoms with Gasteiger partial charge < -0.3 is 15.4 Å². The van der Waals surface area contributed by atoms with E-state index in [1.165, 1.54) is 26.2 Å². The van der Waals surface area contributed by atoms with Gasteiger partial charge in [0.05, 0.1) is 18.4 Å². The molecule has 1 aromatic rings. The van der Waals surface area contributed by atoms with Gasteiger partial charge in [0, 0.05) is 6.92 Å². The van der Waals surface area contributed by atoms with Crippen molar-refractivity contribution in [1.29, 1.82) is 0 Å². The van der Waals surface area contributed by atoms with Crippen molar-refractivity contribution in [3.05, 3.63) is 29.3 Å². The molecule has 2 N–H and O–H groups in total. The van der Waals surface area contributed by atoms with Gasteiger partial charge >= 0.3 is 5.97 Å². The number of aryl methyl sites for hydroxylation is 1. The molecule has 0 fully saturated rings. The van der Waals surface area contributed by atoms with Gasteiger partial charge in [-0.05, 0) is 19.1 Å². The lowest BCUT2D eigenvalue weighted by Gasteiger charge is -2.10. The van der Waals surface area contributed by atoms with Crippen LogP contribution in [0.2, 0.25) is 0 Å². The largest absolute Gasteiger partial charge is 0.468 e. The van der Waals surface area contributed by atoms with Crippen LogP contribution < -0.4 is 10.6 Å². The molecule has 1 rings (SSSR count). The van der Waals surface area contributed by atoms with E-state index in [-0.39, 0.29) is 17.2 Å². The van der Waals surface area contributed by atoms with Gasteiger partial charge in [0.2, 0.25) is 5.91 Å². The molecule has 0 aliphatic carbocycles. The van der Waals surface area contributed by atoms with E-state index < -0.39 is 24.2 Å². The van der Waals surface area contributed by atoms with Crippen LogP contribution in [0.1, 0.15) is 22.8 Å². The van der Waals surface area contributed by atoms with E-state index in [0.29, 0.717) is 0 Å². The summed E-state index contributed by atoms with van der Waals surface area (Å²) in [5, 5.41) is 4.64. The Morgan fingerprint density at radius 1 is 1.19 bits per heavy atom. The summed E-state index contributed by atoms with van der Waals surface area (Å²) in [4.78, 5) is 45.9. The van der Waals surface area contributed by atoms with Crippen LogP contribution in [0.3, 0.4) is 0 Å². The quantitative estimate of drug-likeness (QED) is 0.465. The standard InChI is InChI=1S/C14H16N2O5/c1-8-4-5-11(16-9(2)17)10(6-8)13(19)14(20)15-7-12(18)21-3/h4-6H,7H2,1-3H3,(H,15,20)(H,16,17). The molecule has 0 radical (unpaired) electrons. The first-order valence-electron chi connectivity index (χ1n) is 6.12. The third-order valence-corrected chi connectivity index (χ3v) is 2.56. The van der Waals surface area contributed by atoms with Gasteiger partial charge in [0.25, 0.3) is 11.7 Å². The molecule has 0 heterocycles. The Morgan fingerprint density at radius 2 is 1.86 bits per heavy atom. The number of anilines is 1. The fourth-order valence-corrected chi connectivity index (χ4v) is 1.57. The zero-order valence-electron chi connectivity index (χ0n) is 12.0. The monoisotopic (exact) mass is 292 g/mol. The first-order valence-corrected chi connectivity index (χ1v) is 6.12. The maximum Gasteiger partial charge on any atom is 0.325 e. The van der Waals surface area contributed by atoms with Crippen LogP contribution >= 0.6 is 0 Å². The molecule has 0 aromatic heterocycles. The molecule has 0 unspecified atom stereocenters. The second-order valence-electron chi connectivity index (χ2n) is 4.32. The minimum Gasteiger partial charge on any atom is -0.468 e. The number of amides is 2. The van der Waals surface area contributed by atoms with E-state index in [1.807, 2.05) is 0 Å². The minimum atomic E-state index is -0.947. The predicted molar refractivity (Wildman–Crippen MR) is 74.8 cm³/mol. The average Bonchev–Trinajstić information content (AvgIpc) is 2.44. The highest BCUT2D eigenvalue weighted by Crippen LogP contribution is 2.18. The molecule has 2 amide bonds. The van der Waals surface area contributed by atoms with Crippen LogP contribution in [0.4, 0.5) is 5.69 Å². The number of carbonyl (C=O) groups excluding carboxylic acids is 4. The highest BCUT2D eigenvalue weighted by Gasteiger charge is 2.21. The van der Waals surface area contributed by atoms with Gasteiger partial charge in [-0.15, -0.1) is 0 Å². The van der Waals surface area contributed by atoms with Crippen molar-refractivity contribution >= 4 is 29.3 Å². The third kappa shape index (κ3) is 4.72. The molecule has 21 heavy (non-hydrogen) atoms. The Morgan fingerprint density at radius 3 is 2.43 bits per heavy atom. The summed E-state index contributed by atoms with van der Waals surface area (Å²) in [5.74, 6) is -2.81. The second kappa shape index (κ2) is 7.18. The number of nitrogens with one attached hydrogen (secondary N) is 2. The van der Waals surface area contributed by atoms with Crippen molar-refractivity contribution in [3.63, 3.8) is 0 Å². The number of rotatable bonds is 5. The van der Waals surface area contributed by atoms with Crippen molar-refractivity contribution in [2.45, 2.75) is 13.8 Å². The number of benzene rings is 1. The number of hydrogen-bond donors (Lipinski definition) is 2. The van der Waals surface area contributed by atoms with Gasteiger partial charge in [-0.3, -0.25) is 19.2 Å². The molecule has 0 atom stereocenters. The molecule has 0 aliphatic rings. The number of hydrogen-bond acceptors (Lipinski definition) is 5. The zero-order chi connectivity index (χ0) is 16.0. The summed E-state index contributed by atoms with van der Waals surface area (Å²) in [7, 11) is 1.17. The molecular weight excluding hydrogens is 276 g/mol. The summed E-state index contributed by atoms with van der Waals surface area (Å²) in [6.45, 7) is 2.65. The lowest BCUT2D eigenvalue weighted by atomic mass is 10.0. The van der Waals surface area contributed by atoms with Gasteiger partial charge in [-0.1, -0.05) is 11.6 Å². The fourth-order valence-electron chi connectivity index (χ4n) is 1.57. The number of esters is 1. The van der Waals surface area contributed by atoms with Crippen molar-refractivity contribution < 1.29 is 23.9 Å². The summed E-state index contributed by atoms with van der Waals surface area (Å²) >= 11 is 0. The Bertz CT molecular complexity index is 595. The number of carbonyl (C=O) groups is 4. The molecule has 112 valence electrons. The van der Waals surface area contributed by atoms with Crippen LogP contribution in [-0.2, 0) is 19.1 Å². The Kier molecular flexibility index (Phi) is 5.59. The summed E-state index contributed by atoms with van der Waals surface area (Å²) < 4.78 is 4.36. The van der Waals surface area contributed by atoms with Crippen LogP contribution in [-0.4, -0.2) is 37.2 Å². The molecular formula is C14H16N2O5. The van der Waals surface area contributed by atoms with E-state index in [9.17, 15) is 19.2 Å². The number of methoxy groups -OCH3 is 1. The molecule has 7 nitrogen and oxygen atoms in total. The maximum atomic E-state index is 12.1. The van der Waals surface area contributed by atoms with Crippen LogP contribution in [0.15, 0.2) is 18.2 Å². The van der Waals surface area contributed by atoms with Gasteiger partial charge in [0.1, 0.15) is 6.54 Å². The van der Waals surface area contributed by atoms with Gasteiger partial charge in [-0.25, -0.2) is 0 Å². The summed E-state index contributed by atoms with van der Waals surface area (Å²) in [5.41, 5.74) is 1.06. The van der Waals surface area contributed by atoms with E-state index in [1.54, 1.807) is 13.0 Å². The highest BCUT2D eigenvalue weighted by molar-refractivity contribution is 6.44. The number of Topliss-reactive ketones (excluding diaryl/α,β-unsaturated/α-hetero) is 1. The summed E-state index contributed by atoms with van der Waals surface area (Å²) in [6.07, 6.45) is 0. The maximum absolute atomic E-state index is 12.1. The van der Waals surface area contributed by atoms with E-state index in [2.05, 4.69) is 15.4 Å². The zero-order valence-corrected chi connectivity index (χ0v) is 12.0. The lowest BCUT2D eigenvalue weighted by molar-refractivity contribution is -0.140. The molecule has 7 heteroatoms. The van der Waals surface area contributed by atoms with E-state index >= 15 is 0 Å². The Hall–Kier alpha value is -2.70. The normalized spacial score (nSPS) is 9.67. The Labute approximate surface area is 121 Å².